The molecule has 16 heavy (non-hydrogen) atoms. The number of likely N-dealkylation sites (tertiary alicyclic amines) is 1. The highest BCUT2D eigenvalue weighted by Crippen LogP contribution is 2.10. The van der Waals surface area contributed by atoms with Crippen LogP contribution in [0.3, 0.4) is 0 Å². The molecule has 0 unspecified atom stereocenters. The largest absolute Gasteiger partial charge is 0.342 e. The van der Waals surface area contributed by atoms with E-state index in [-0.39, 0.29) is 11.7 Å². The maximum atomic E-state index is 11.6. The van der Waals surface area contributed by atoms with E-state index in [1.807, 2.05) is 0 Å². The Kier molecular flexibility index (Phi) is 4.73. The standard InChI is InChI=1S/C10H20N2O3S/c1-3-11-9-4-6-12(7-5-9)10(13)8-16(2,14)15/h9,11H,3-8H2,1-2H3. The van der Waals surface area contributed by atoms with E-state index in [9.17, 15) is 13.2 Å². The van der Waals surface area contributed by atoms with E-state index in [1.165, 1.54) is 0 Å². The molecule has 1 N–H and O–H groups in total. The second-order valence-corrected chi connectivity index (χ2v) is 6.42. The second-order valence-electron chi connectivity index (χ2n) is 4.28. The number of nitrogens with zero attached hydrogens (tertiary/aromatic N) is 1. The molecule has 0 spiro atoms. The number of hydrogen-bond acceptors (Lipinski definition) is 4. The molecule has 1 rings (SSSR count). The maximum Gasteiger partial charge on any atom is 0.237 e. The van der Waals surface area contributed by atoms with Crippen molar-refractivity contribution in [2.24, 2.45) is 0 Å². The van der Waals surface area contributed by atoms with Crippen LogP contribution in [0.1, 0.15) is 19.8 Å². The van der Waals surface area contributed by atoms with Crippen molar-refractivity contribution in [2.75, 3.05) is 31.6 Å². The van der Waals surface area contributed by atoms with Crippen molar-refractivity contribution < 1.29 is 13.2 Å². The van der Waals surface area contributed by atoms with Gasteiger partial charge in [-0.2, -0.15) is 0 Å². The maximum absolute atomic E-state index is 11.6. The van der Waals surface area contributed by atoms with E-state index < -0.39 is 9.84 Å². The smallest absolute Gasteiger partial charge is 0.237 e. The Balaban J connectivity index is 2.39. The summed E-state index contributed by atoms with van der Waals surface area (Å²) in [4.78, 5) is 13.3. The van der Waals surface area contributed by atoms with Crippen LogP contribution in [-0.4, -0.2) is 56.9 Å². The summed E-state index contributed by atoms with van der Waals surface area (Å²) in [7, 11) is -3.20. The first-order valence-corrected chi connectivity index (χ1v) is 7.67. The molecule has 1 aliphatic heterocycles. The van der Waals surface area contributed by atoms with Gasteiger partial charge >= 0.3 is 0 Å². The third kappa shape index (κ3) is 4.49. The van der Waals surface area contributed by atoms with Gasteiger partial charge in [0.2, 0.25) is 5.91 Å². The summed E-state index contributed by atoms with van der Waals surface area (Å²) < 4.78 is 22.0. The van der Waals surface area contributed by atoms with Crippen LogP contribution >= 0.6 is 0 Å². The van der Waals surface area contributed by atoms with Crippen LogP contribution in [0.5, 0.6) is 0 Å². The predicted molar refractivity (Wildman–Crippen MR) is 63.0 cm³/mol. The van der Waals surface area contributed by atoms with E-state index >= 15 is 0 Å². The molecule has 1 saturated heterocycles. The summed E-state index contributed by atoms with van der Waals surface area (Å²) in [5.74, 6) is -0.628. The van der Waals surface area contributed by atoms with Crippen LogP contribution < -0.4 is 5.32 Å². The minimum atomic E-state index is -3.20. The van der Waals surface area contributed by atoms with Gasteiger partial charge in [0.1, 0.15) is 5.75 Å². The summed E-state index contributed by atoms with van der Waals surface area (Å²) in [6.07, 6.45) is 2.91. The van der Waals surface area contributed by atoms with Crippen molar-refractivity contribution in [3.8, 4) is 0 Å². The quantitative estimate of drug-likeness (QED) is 0.737. The Morgan fingerprint density at radius 3 is 2.38 bits per heavy atom. The van der Waals surface area contributed by atoms with Gasteiger partial charge in [0.15, 0.2) is 9.84 Å². The highest BCUT2D eigenvalue weighted by Gasteiger charge is 2.24. The first kappa shape index (κ1) is 13.4. The third-order valence-corrected chi connectivity index (χ3v) is 3.50. The molecule has 0 aliphatic carbocycles. The van der Waals surface area contributed by atoms with Crippen LogP contribution in [0.25, 0.3) is 0 Å². The highest BCUT2D eigenvalue weighted by molar-refractivity contribution is 7.91. The third-order valence-electron chi connectivity index (χ3n) is 2.73. The lowest BCUT2D eigenvalue weighted by atomic mass is 10.1. The molecular formula is C10H20N2O3S. The Bertz CT molecular complexity index is 332. The van der Waals surface area contributed by atoms with Crippen molar-refractivity contribution in [3.63, 3.8) is 0 Å². The number of piperidine rings is 1. The average Bonchev–Trinajstić information content (AvgIpc) is 2.16. The molecule has 0 radical (unpaired) electrons. The van der Waals surface area contributed by atoms with Crippen LogP contribution in [-0.2, 0) is 14.6 Å². The first-order valence-electron chi connectivity index (χ1n) is 5.61. The summed E-state index contributed by atoms with van der Waals surface area (Å²) in [5.41, 5.74) is 0. The van der Waals surface area contributed by atoms with Gasteiger partial charge in [0.05, 0.1) is 0 Å². The summed E-state index contributed by atoms with van der Waals surface area (Å²) in [5, 5.41) is 3.34. The topological polar surface area (TPSA) is 66.5 Å². The molecule has 0 bridgehead atoms. The molecule has 0 atom stereocenters. The van der Waals surface area contributed by atoms with Crippen molar-refractivity contribution in [3.05, 3.63) is 0 Å². The van der Waals surface area contributed by atoms with Gasteiger partial charge in [0, 0.05) is 25.4 Å². The minimum Gasteiger partial charge on any atom is -0.342 e. The molecule has 0 aromatic heterocycles. The summed E-state index contributed by atoms with van der Waals surface area (Å²) >= 11 is 0. The fraction of sp³-hybridized carbons (Fsp3) is 0.900. The van der Waals surface area contributed by atoms with Gasteiger partial charge in [-0.3, -0.25) is 4.79 Å². The molecule has 1 amide bonds. The van der Waals surface area contributed by atoms with Crippen molar-refractivity contribution >= 4 is 15.7 Å². The SMILES string of the molecule is CCNC1CCN(C(=O)CS(C)(=O)=O)CC1. The van der Waals surface area contributed by atoms with Gasteiger partial charge in [-0.1, -0.05) is 6.92 Å². The van der Waals surface area contributed by atoms with Gasteiger partial charge in [0.25, 0.3) is 0 Å². The van der Waals surface area contributed by atoms with Gasteiger partial charge < -0.3 is 10.2 Å². The zero-order chi connectivity index (χ0) is 12.2. The Labute approximate surface area is 97.1 Å². The van der Waals surface area contributed by atoms with Gasteiger partial charge in [-0.15, -0.1) is 0 Å². The second kappa shape index (κ2) is 5.63. The Morgan fingerprint density at radius 1 is 1.38 bits per heavy atom. The zero-order valence-electron chi connectivity index (χ0n) is 9.90. The molecule has 1 aliphatic rings. The molecule has 5 nitrogen and oxygen atoms in total. The van der Waals surface area contributed by atoms with Crippen molar-refractivity contribution in [1.82, 2.24) is 10.2 Å². The molecule has 94 valence electrons. The van der Waals surface area contributed by atoms with E-state index in [4.69, 9.17) is 0 Å². The fourth-order valence-electron chi connectivity index (χ4n) is 1.94. The van der Waals surface area contributed by atoms with Gasteiger partial charge in [-0.05, 0) is 19.4 Å². The monoisotopic (exact) mass is 248 g/mol. The van der Waals surface area contributed by atoms with Crippen molar-refractivity contribution in [2.45, 2.75) is 25.8 Å². The number of sulfone groups is 1. The molecule has 0 saturated carbocycles. The lowest BCUT2D eigenvalue weighted by Crippen LogP contribution is -2.46. The first-order chi connectivity index (χ1) is 7.42. The minimum absolute atomic E-state index is 0.266. The number of amides is 1. The van der Waals surface area contributed by atoms with E-state index in [1.54, 1.807) is 4.90 Å². The van der Waals surface area contributed by atoms with E-state index in [0.717, 1.165) is 25.6 Å². The highest BCUT2D eigenvalue weighted by atomic mass is 32.2. The average molecular weight is 248 g/mol. The molecule has 0 aromatic carbocycles. The van der Waals surface area contributed by atoms with Crippen LogP contribution in [0.2, 0.25) is 0 Å². The molecular weight excluding hydrogens is 228 g/mol. The van der Waals surface area contributed by atoms with E-state index in [0.29, 0.717) is 19.1 Å². The number of rotatable bonds is 4. The van der Waals surface area contributed by atoms with Crippen LogP contribution in [0.4, 0.5) is 0 Å². The van der Waals surface area contributed by atoms with Crippen molar-refractivity contribution in [1.29, 1.82) is 0 Å². The lowest BCUT2D eigenvalue weighted by molar-refractivity contribution is -0.129. The molecule has 1 heterocycles. The Hall–Kier alpha value is -0.620. The number of carbonyl (C=O) groups is 1. The Morgan fingerprint density at radius 2 is 1.94 bits per heavy atom. The predicted octanol–water partition coefficient (Wildman–Crippen LogP) is -0.368. The number of carbonyl (C=O) groups excluding carboxylic acids is 1. The molecule has 0 aromatic rings. The van der Waals surface area contributed by atoms with Gasteiger partial charge in [-0.25, -0.2) is 8.42 Å². The van der Waals surface area contributed by atoms with Crippen LogP contribution in [0.15, 0.2) is 0 Å². The van der Waals surface area contributed by atoms with Crippen LogP contribution in [0, 0.1) is 0 Å². The van der Waals surface area contributed by atoms with E-state index in [2.05, 4.69) is 12.2 Å². The number of nitrogens with one attached hydrogen (secondary N) is 1. The zero-order valence-corrected chi connectivity index (χ0v) is 10.7. The lowest BCUT2D eigenvalue weighted by Gasteiger charge is -2.32. The summed E-state index contributed by atoms with van der Waals surface area (Å²) in [6.45, 7) is 4.31. The molecule has 1 fully saturated rings. The normalized spacial score (nSPS) is 18.8. The fourth-order valence-corrected chi connectivity index (χ4v) is 2.57. The summed E-state index contributed by atoms with van der Waals surface area (Å²) in [6, 6.07) is 0.465. The molecule has 6 heteroatoms. The number of hydrogen-bond donors (Lipinski definition) is 1.